The topological polar surface area (TPSA) is 21.6 Å². The van der Waals surface area contributed by atoms with Crippen LogP contribution < -0.4 is 23.6 Å². The molecule has 1 aromatic rings. The molecule has 0 aromatic heterocycles. The Balaban J connectivity index is 0.00000400. The van der Waals surface area contributed by atoms with E-state index < -0.39 is 13.3 Å². The van der Waals surface area contributed by atoms with E-state index in [-0.39, 0.29) is 18.9 Å². The molecular weight excluding hydrogens is 268 g/mol. The first-order chi connectivity index (χ1) is 9.36. The molecule has 1 aromatic carbocycles. The van der Waals surface area contributed by atoms with Gasteiger partial charge in [0.15, 0.2) is 0 Å². The fourth-order valence-corrected chi connectivity index (χ4v) is 8.30. The van der Waals surface area contributed by atoms with Crippen LogP contribution in [0, 0.1) is 11.8 Å². The summed E-state index contributed by atoms with van der Waals surface area (Å²) in [5, 5.41) is 2.55. The van der Waals surface area contributed by atoms with Gasteiger partial charge < -0.3 is 8.71 Å². The van der Waals surface area contributed by atoms with Gasteiger partial charge in [-0.2, -0.15) is 16.4 Å². The molecule has 0 unspecified atom stereocenters. The van der Waals surface area contributed by atoms with E-state index >= 15 is 0 Å². The molecule has 4 heteroatoms. The molecule has 0 fully saturated rings. The normalized spacial score (nSPS) is 12.0. The van der Waals surface area contributed by atoms with Crippen LogP contribution in [0.25, 0.3) is 0 Å². The zero-order chi connectivity index (χ0) is 15.2. The van der Waals surface area contributed by atoms with Crippen molar-refractivity contribution in [1.82, 2.24) is 0 Å². The molecule has 0 aliphatic heterocycles. The van der Waals surface area contributed by atoms with Gasteiger partial charge in [0.1, 0.15) is 5.75 Å². The molecule has 21 heavy (non-hydrogen) atoms. The zero-order valence-electron chi connectivity index (χ0n) is 14.9. The van der Waals surface area contributed by atoms with Crippen LogP contribution in [0.3, 0.4) is 0 Å². The molecule has 0 amide bonds. The molecule has 0 saturated heterocycles. The number of para-hydroxylation sites is 1. The summed E-state index contributed by atoms with van der Waals surface area (Å²) < 4.78 is 10.5. The van der Waals surface area contributed by atoms with E-state index in [1.54, 1.807) is 7.11 Å². The number of benzene rings is 1. The van der Waals surface area contributed by atoms with Crippen LogP contribution in [-0.2, 0) is 0 Å². The van der Waals surface area contributed by atoms with Crippen LogP contribution in [0.1, 0.15) is 33.3 Å². The minimum Gasteiger partial charge on any atom is -0.557 e. The van der Waals surface area contributed by atoms with E-state index in [9.17, 15) is 0 Å². The second kappa shape index (κ2) is 9.76. The molecule has 0 N–H and O–H groups in total. The van der Waals surface area contributed by atoms with Gasteiger partial charge in [0.2, 0.25) is 0 Å². The van der Waals surface area contributed by atoms with Crippen molar-refractivity contribution in [1.29, 1.82) is 0 Å². The Kier molecular flexibility index (Phi) is 9.68. The Labute approximate surface area is 145 Å². The second-order valence-electron chi connectivity index (χ2n) is 7.01. The predicted octanol–water partition coefficient (Wildman–Crippen LogP) is 2.01. The quantitative estimate of drug-likeness (QED) is 0.557. The summed E-state index contributed by atoms with van der Waals surface area (Å²) in [5.74, 6) is 4.78. The monoisotopic (exact) mass is 297 g/mol. The van der Waals surface area contributed by atoms with E-state index in [0.29, 0.717) is 0 Å². The number of methoxy groups -OCH3 is 1. The SMILES string of the molecule is COc1ccccc1/C=[N]/[Al-]([CH3])([CH2]C(C)C)[CH2]C(C)C.[Li+]. The molecular formula is C17H29AlLiNO. The Bertz CT molecular complexity index is 436. The molecule has 0 spiro atoms. The molecule has 0 aliphatic carbocycles. The van der Waals surface area contributed by atoms with Gasteiger partial charge in [-0.25, -0.2) is 0 Å². The van der Waals surface area contributed by atoms with Crippen molar-refractivity contribution in [3.63, 3.8) is 0 Å². The van der Waals surface area contributed by atoms with Crippen LogP contribution in [0.4, 0.5) is 0 Å². The minimum absolute atomic E-state index is 0. The average molecular weight is 297 g/mol. The van der Waals surface area contributed by atoms with Crippen molar-refractivity contribution in [3.05, 3.63) is 29.8 Å². The van der Waals surface area contributed by atoms with Gasteiger partial charge in [0.05, 0.1) is 7.11 Å². The maximum Gasteiger partial charge on any atom is 1.00 e. The molecule has 1 rings (SSSR count). The maximum atomic E-state index is 5.40. The third-order valence-corrected chi connectivity index (χ3v) is 8.46. The summed E-state index contributed by atoms with van der Waals surface area (Å²) in [6.07, 6.45) is 2.05. The van der Waals surface area contributed by atoms with Gasteiger partial charge in [0, 0.05) is 5.56 Å². The number of hydrogen-bond donors (Lipinski definition) is 0. The van der Waals surface area contributed by atoms with E-state index in [0.717, 1.165) is 23.1 Å². The Morgan fingerprint density at radius 1 is 1.10 bits per heavy atom. The van der Waals surface area contributed by atoms with Gasteiger partial charge in [-0.3, -0.25) is 0 Å². The van der Waals surface area contributed by atoms with Crippen LogP contribution in [0.15, 0.2) is 28.2 Å². The molecule has 0 heterocycles. The van der Waals surface area contributed by atoms with Crippen molar-refractivity contribution in [2.75, 3.05) is 7.11 Å². The fraction of sp³-hybridized carbons (Fsp3) is 0.588. The van der Waals surface area contributed by atoms with Crippen molar-refractivity contribution >= 4 is 19.5 Å². The molecule has 0 saturated carbocycles. The summed E-state index contributed by atoms with van der Waals surface area (Å²) in [5.41, 5.74) is 1.09. The predicted molar refractivity (Wildman–Crippen MR) is 91.5 cm³/mol. The number of nitrogens with zero attached hydrogens (tertiary/aromatic N) is 1. The van der Waals surface area contributed by atoms with Crippen molar-refractivity contribution < 1.29 is 23.6 Å². The first-order valence-electron chi connectivity index (χ1n) is 7.76. The number of rotatable bonds is 7. The van der Waals surface area contributed by atoms with E-state index in [4.69, 9.17) is 8.71 Å². The summed E-state index contributed by atoms with van der Waals surface area (Å²) in [4.78, 5) is 0. The van der Waals surface area contributed by atoms with E-state index in [1.807, 2.05) is 24.4 Å². The molecule has 2 nitrogen and oxygen atoms in total. The summed E-state index contributed by atoms with van der Waals surface area (Å²) in [6.45, 7) is 9.21. The van der Waals surface area contributed by atoms with Crippen LogP contribution in [0.5, 0.6) is 5.75 Å². The Morgan fingerprint density at radius 2 is 1.62 bits per heavy atom. The third kappa shape index (κ3) is 7.58. The second-order valence-corrected chi connectivity index (χ2v) is 11.7. The van der Waals surface area contributed by atoms with Crippen molar-refractivity contribution in [3.8, 4) is 5.75 Å². The first kappa shape index (κ1) is 20.8. The van der Waals surface area contributed by atoms with Crippen LogP contribution in [-0.4, -0.2) is 26.6 Å². The smallest absolute Gasteiger partial charge is 0.557 e. The third-order valence-electron chi connectivity index (χ3n) is 3.67. The van der Waals surface area contributed by atoms with Gasteiger partial charge in [-0.05, 0) is 18.3 Å². The maximum absolute atomic E-state index is 5.40. The van der Waals surface area contributed by atoms with Crippen LogP contribution in [0.2, 0.25) is 16.4 Å². The van der Waals surface area contributed by atoms with Gasteiger partial charge in [-0.1, -0.05) is 51.7 Å². The van der Waals surface area contributed by atoms with Crippen molar-refractivity contribution in [2.24, 2.45) is 15.8 Å². The van der Waals surface area contributed by atoms with Gasteiger partial charge in [-0.15, -0.1) is 0 Å². The summed E-state index contributed by atoms with van der Waals surface area (Å²) in [7, 11) is 1.72. The van der Waals surface area contributed by atoms with E-state index in [2.05, 4.69) is 39.5 Å². The molecule has 112 valence electrons. The average Bonchev–Trinajstić information content (AvgIpc) is 2.34. The largest absolute Gasteiger partial charge is 1.00 e. The number of ether oxygens (including phenoxy) is 1. The van der Waals surface area contributed by atoms with E-state index in [1.165, 1.54) is 10.6 Å². The summed E-state index contributed by atoms with van der Waals surface area (Å²) >= 11 is -1.90. The standard InChI is InChI=1S/C8H8NO.2C4H9.CH3.Al.Li/c1-10-8-5-3-2-4-7(8)6-9;2*1-4(2)3;;;/h2-6H,1H3;2*4H,1H2,2-3H3;1H3;;/q-1;;;;;+1. The Morgan fingerprint density at radius 3 is 2.10 bits per heavy atom. The van der Waals surface area contributed by atoms with Gasteiger partial charge in [0.25, 0.3) is 13.3 Å². The van der Waals surface area contributed by atoms with Crippen LogP contribution >= 0.6 is 0 Å². The molecule has 0 bridgehead atoms. The first-order valence-corrected chi connectivity index (χ1v) is 11.1. The molecule has 0 radical (unpaired) electrons. The summed E-state index contributed by atoms with van der Waals surface area (Å²) in [6, 6.07) is 8.11. The molecule has 0 atom stereocenters. The zero-order valence-corrected chi connectivity index (χ0v) is 16.0. The fourth-order valence-electron chi connectivity index (χ4n) is 3.28. The number of hydrogen-bond acceptors (Lipinski definition) is 2. The van der Waals surface area contributed by atoms with Gasteiger partial charge >= 0.3 is 18.9 Å². The molecule has 0 aliphatic rings. The Hall–Kier alpha value is -0.180. The van der Waals surface area contributed by atoms with Crippen molar-refractivity contribution in [2.45, 2.75) is 44.0 Å². The minimum atomic E-state index is -1.90.